The highest BCUT2D eigenvalue weighted by Gasteiger charge is 2.04. The third-order valence-electron chi connectivity index (χ3n) is 2.55. The minimum Gasteiger partial charge on any atom is -0.376 e. The SMILES string of the molecule is O=C(CNc1cccc(F)c1)N/N=C/c1c(Cl)cncc1Cl. The average Bonchev–Trinajstić information content (AvgIpc) is 2.48. The number of hydrogen-bond acceptors (Lipinski definition) is 4. The maximum atomic E-state index is 13.0. The molecule has 0 atom stereocenters. The van der Waals surface area contributed by atoms with E-state index in [1.165, 1.54) is 30.7 Å². The van der Waals surface area contributed by atoms with Gasteiger partial charge in [-0.3, -0.25) is 9.78 Å². The van der Waals surface area contributed by atoms with Crippen LogP contribution in [0.4, 0.5) is 10.1 Å². The first kappa shape index (κ1) is 16.2. The zero-order valence-corrected chi connectivity index (χ0v) is 12.7. The average molecular weight is 341 g/mol. The fourth-order valence-corrected chi connectivity index (χ4v) is 2.00. The minimum atomic E-state index is -0.401. The van der Waals surface area contributed by atoms with Gasteiger partial charge in [-0.15, -0.1) is 0 Å². The summed E-state index contributed by atoms with van der Waals surface area (Å²) in [6.45, 7) is -0.0569. The summed E-state index contributed by atoms with van der Waals surface area (Å²) in [7, 11) is 0. The lowest BCUT2D eigenvalue weighted by molar-refractivity contribution is -0.119. The molecule has 1 aromatic carbocycles. The summed E-state index contributed by atoms with van der Waals surface area (Å²) in [5.74, 6) is -0.785. The van der Waals surface area contributed by atoms with Crippen molar-refractivity contribution in [1.29, 1.82) is 0 Å². The number of hydrazone groups is 1. The Bertz CT molecular complexity index is 689. The van der Waals surface area contributed by atoms with E-state index >= 15 is 0 Å². The van der Waals surface area contributed by atoms with Crippen LogP contribution in [0.1, 0.15) is 5.56 Å². The van der Waals surface area contributed by atoms with Crippen molar-refractivity contribution in [3.05, 3.63) is 58.1 Å². The van der Waals surface area contributed by atoms with Crippen molar-refractivity contribution >= 4 is 41.0 Å². The molecule has 1 heterocycles. The van der Waals surface area contributed by atoms with E-state index in [1.54, 1.807) is 12.1 Å². The van der Waals surface area contributed by atoms with E-state index in [9.17, 15) is 9.18 Å². The van der Waals surface area contributed by atoms with Gasteiger partial charge in [-0.1, -0.05) is 29.3 Å². The first-order valence-electron chi connectivity index (χ1n) is 6.16. The largest absolute Gasteiger partial charge is 0.376 e. The van der Waals surface area contributed by atoms with Crippen molar-refractivity contribution < 1.29 is 9.18 Å². The molecule has 0 aliphatic heterocycles. The Morgan fingerprint density at radius 3 is 2.73 bits per heavy atom. The predicted octanol–water partition coefficient (Wildman–Crippen LogP) is 3.09. The lowest BCUT2D eigenvalue weighted by Crippen LogP contribution is -2.25. The van der Waals surface area contributed by atoms with Crippen LogP contribution in [0.15, 0.2) is 41.8 Å². The van der Waals surface area contributed by atoms with Crippen molar-refractivity contribution in [3.8, 4) is 0 Å². The molecule has 2 N–H and O–H groups in total. The van der Waals surface area contributed by atoms with Gasteiger partial charge in [0, 0.05) is 23.6 Å². The highest BCUT2D eigenvalue weighted by molar-refractivity contribution is 6.38. The van der Waals surface area contributed by atoms with Crippen molar-refractivity contribution in [2.45, 2.75) is 0 Å². The van der Waals surface area contributed by atoms with Gasteiger partial charge >= 0.3 is 0 Å². The van der Waals surface area contributed by atoms with Crippen LogP contribution < -0.4 is 10.7 Å². The molecule has 114 valence electrons. The number of nitrogens with zero attached hydrogens (tertiary/aromatic N) is 2. The zero-order chi connectivity index (χ0) is 15.9. The van der Waals surface area contributed by atoms with Crippen LogP contribution in [0.3, 0.4) is 0 Å². The van der Waals surface area contributed by atoms with Crippen molar-refractivity contribution in [1.82, 2.24) is 10.4 Å². The molecule has 0 unspecified atom stereocenters. The molecule has 0 saturated carbocycles. The number of anilines is 1. The summed E-state index contributed by atoms with van der Waals surface area (Å²) in [5.41, 5.74) is 3.26. The molecule has 2 aromatic rings. The monoisotopic (exact) mass is 340 g/mol. The molecule has 1 aromatic heterocycles. The molecule has 0 bridgehead atoms. The molecule has 0 radical (unpaired) electrons. The van der Waals surface area contributed by atoms with E-state index < -0.39 is 5.91 Å². The third-order valence-corrected chi connectivity index (χ3v) is 3.15. The number of hydrogen-bond donors (Lipinski definition) is 2. The minimum absolute atomic E-state index is 0.0569. The summed E-state index contributed by atoms with van der Waals surface area (Å²) in [6.07, 6.45) is 4.16. The first-order valence-corrected chi connectivity index (χ1v) is 6.92. The van der Waals surface area contributed by atoms with Gasteiger partial charge in [0.2, 0.25) is 0 Å². The van der Waals surface area contributed by atoms with Crippen LogP contribution >= 0.6 is 23.2 Å². The van der Waals surface area contributed by atoms with E-state index in [2.05, 4.69) is 20.8 Å². The summed E-state index contributed by atoms with van der Waals surface area (Å²) >= 11 is 11.8. The highest BCUT2D eigenvalue weighted by atomic mass is 35.5. The third kappa shape index (κ3) is 4.68. The van der Waals surface area contributed by atoms with Crippen LogP contribution in [0.2, 0.25) is 10.0 Å². The van der Waals surface area contributed by atoms with Gasteiger partial charge < -0.3 is 5.32 Å². The van der Waals surface area contributed by atoms with Crippen molar-refractivity contribution in [3.63, 3.8) is 0 Å². The molecule has 5 nitrogen and oxygen atoms in total. The Morgan fingerprint density at radius 1 is 1.32 bits per heavy atom. The van der Waals surface area contributed by atoms with Gasteiger partial charge in [-0.05, 0) is 18.2 Å². The normalized spacial score (nSPS) is 10.7. The summed E-state index contributed by atoms with van der Waals surface area (Å²) < 4.78 is 13.0. The predicted molar refractivity (Wildman–Crippen MR) is 84.9 cm³/mol. The van der Waals surface area contributed by atoms with Gasteiger partial charge in [-0.2, -0.15) is 5.10 Å². The Labute approximate surface area is 136 Å². The Balaban J connectivity index is 1.86. The lowest BCUT2D eigenvalue weighted by atomic mass is 10.3. The Kier molecular flexibility index (Phi) is 5.68. The fraction of sp³-hybridized carbons (Fsp3) is 0.0714. The van der Waals surface area contributed by atoms with Crippen LogP contribution in [-0.4, -0.2) is 23.7 Å². The number of aromatic nitrogens is 1. The number of benzene rings is 1. The second-order valence-electron chi connectivity index (χ2n) is 4.17. The number of halogens is 3. The standard InChI is InChI=1S/C14H11Cl2FN4O/c15-12-6-18-7-13(16)11(12)5-20-21-14(22)8-19-10-3-1-2-9(17)4-10/h1-7,19H,8H2,(H,21,22)/b20-5+. The van der Waals surface area contributed by atoms with Crippen LogP contribution in [0, 0.1) is 5.82 Å². The molecule has 1 amide bonds. The maximum Gasteiger partial charge on any atom is 0.259 e. The number of carbonyl (C=O) groups excluding carboxylic acids is 1. The lowest BCUT2D eigenvalue weighted by Gasteiger charge is -2.05. The molecule has 22 heavy (non-hydrogen) atoms. The molecule has 0 aliphatic rings. The molecule has 0 spiro atoms. The first-order chi connectivity index (χ1) is 10.6. The Morgan fingerprint density at radius 2 is 2.05 bits per heavy atom. The van der Waals surface area contributed by atoms with Crippen LogP contribution in [0.5, 0.6) is 0 Å². The number of amides is 1. The molecular weight excluding hydrogens is 330 g/mol. The summed E-state index contributed by atoms with van der Waals surface area (Å²) in [6, 6.07) is 5.79. The van der Waals surface area contributed by atoms with E-state index in [0.717, 1.165) is 0 Å². The number of carbonyl (C=O) groups is 1. The van der Waals surface area contributed by atoms with Crippen LogP contribution in [-0.2, 0) is 4.79 Å². The van der Waals surface area contributed by atoms with E-state index in [-0.39, 0.29) is 12.4 Å². The highest BCUT2D eigenvalue weighted by Crippen LogP contribution is 2.20. The van der Waals surface area contributed by atoms with Gasteiger partial charge in [0.15, 0.2) is 0 Å². The Hall–Kier alpha value is -2.18. The van der Waals surface area contributed by atoms with Gasteiger partial charge in [0.1, 0.15) is 5.82 Å². The van der Waals surface area contributed by atoms with Crippen molar-refractivity contribution in [2.24, 2.45) is 5.10 Å². The second-order valence-corrected chi connectivity index (χ2v) is 4.99. The van der Waals surface area contributed by atoms with Gasteiger partial charge in [-0.25, -0.2) is 9.82 Å². The molecule has 0 aliphatic carbocycles. The van der Waals surface area contributed by atoms with Crippen LogP contribution in [0.25, 0.3) is 0 Å². The molecule has 2 rings (SSSR count). The van der Waals surface area contributed by atoms with Gasteiger partial charge in [0.05, 0.1) is 22.8 Å². The summed E-state index contributed by atoms with van der Waals surface area (Å²) in [5, 5.41) is 7.17. The van der Waals surface area contributed by atoms with Crippen molar-refractivity contribution in [2.75, 3.05) is 11.9 Å². The molecular formula is C14H11Cl2FN4O. The van der Waals surface area contributed by atoms with E-state index in [0.29, 0.717) is 21.3 Å². The van der Waals surface area contributed by atoms with Gasteiger partial charge in [0.25, 0.3) is 5.91 Å². The molecule has 0 fully saturated rings. The van der Waals surface area contributed by atoms with E-state index in [1.807, 2.05) is 0 Å². The zero-order valence-electron chi connectivity index (χ0n) is 11.2. The van der Waals surface area contributed by atoms with E-state index in [4.69, 9.17) is 23.2 Å². The number of nitrogens with one attached hydrogen (secondary N) is 2. The smallest absolute Gasteiger partial charge is 0.259 e. The second kappa shape index (κ2) is 7.72. The fourth-order valence-electron chi connectivity index (χ4n) is 1.53. The molecule has 0 saturated heterocycles. The molecule has 8 heteroatoms. The quantitative estimate of drug-likeness (QED) is 0.649. The number of rotatable bonds is 5. The summed E-state index contributed by atoms with van der Waals surface area (Å²) in [4.78, 5) is 15.4. The maximum absolute atomic E-state index is 13.0. The topological polar surface area (TPSA) is 66.4 Å². The number of pyridine rings is 1.